The van der Waals surface area contributed by atoms with Crippen molar-refractivity contribution in [1.29, 1.82) is 0 Å². The molecular weight excluding hydrogens is 427 g/mol. The second-order valence-electron chi connectivity index (χ2n) is 6.16. The molecule has 0 bridgehead atoms. The number of amides is 1. The lowest BCUT2D eigenvalue weighted by Crippen LogP contribution is -2.33. The lowest BCUT2D eigenvalue weighted by molar-refractivity contribution is -0.0591. The summed E-state index contributed by atoms with van der Waals surface area (Å²) in [5, 5.41) is 24.0. The average Bonchev–Trinajstić information content (AvgIpc) is 3.26. The normalized spacial score (nSPS) is 26.3. The number of thiol groups is 1. The summed E-state index contributed by atoms with van der Waals surface area (Å²) in [4.78, 5) is 25.3. The number of rotatable bonds is 8. The van der Waals surface area contributed by atoms with Gasteiger partial charge in [-0.05, 0) is 17.7 Å². The van der Waals surface area contributed by atoms with Crippen molar-refractivity contribution in [2.45, 2.75) is 36.0 Å². The molecule has 2 heterocycles. The number of ether oxygens (including phenoxy) is 1. The SMILES string of the molecule is NC(=O)c1ncn(C2OC(COP(=O)(O)OCc3ccc(S)cc3)C(O)C2O)n1. The van der Waals surface area contributed by atoms with E-state index in [0.29, 0.717) is 5.56 Å². The lowest BCUT2D eigenvalue weighted by Gasteiger charge is -2.17. The number of hydrogen-bond acceptors (Lipinski definition) is 10. The molecule has 0 saturated carbocycles. The van der Waals surface area contributed by atoms with Crippen LogP contribution in [0.3, 0.4) is 0 Å². The third-order valence-corrected chi connectivity index (χ3v) is 5.29. The monoisotopic (exact) mass is 446 g/mol. The molecule has 12 nitrogen and oxygen atoms in total. The minimum absolute atomic E-state index is 0.185. The van der Waals surface area contributed by atoms with Gasteiger partial charge in [-0.1, -0.05) is 12.1 Å². The van der Waals surface area contributed by atoms with Crippen LogP contribution < -0.4 is 5.73 Å². The maximum Gasteiger partial charge on any atom is 0.472 e. The molecule has 29 heavy (non-hydrogen) atoms. The Morgan fingerprint density at radius 3 is 2.59 bits per heavy atom. The van der Waals surface area contributed by atoms with E-state index in [9.17, 15) is 24.5 Å². The van der Waals surface area contributed by atoms with E-state index in [-0.39, 0.29) is 12.4 Å². The Labute approximate surface area is 170 Å². The van der Waals surface area contributed by atoms with Gasteiger partial charge in [0.2, 0.25) is 5.82 Å². The fraction of sp³-hybridized carbons (Fsp3) is 0.400. The first-order valence-electron chi connectivity index (χ1n) is 8.28. The maximum atomic E-state index is 12.0. The summed E-state index contributed by atoms with van der Waals surface area (Å²) in [6.07, 6.45) is -4.17. The quantitative estimate of drug-likeness (QED) is 0.265. The zero-order valence-corrected chi connectivity index (χ0v) is 16.6. The molecular formula is C15H19N4O8PS. The van der Waals surface area contributed by atoms with Gasteiger partial charge in [-0.3, -0.25) is 13.8 Å². The molecule has 1 saturated heterocycles. The summed E-state index contributed by atoms with van der Waals surface area (Å²) in [7, 11) is -4.46. The molecule has 5 unspecified atom stereocenters. The van der Waals surface area contributed by atoms with E-state index in [1.165, 1.54) is 0 Å². The number of nitrogens with two attached hydrogens (primary N) is 1. The summed E-state index contributed by atoms with van der Waals surface area (Å²) in [5.41, 5.74) is 5.69. The molecule has 1 aromatic carbocycles. The highest BCUT2D eigenvalue weighted by atomic mass is 32.1. The van der Waals surface area contributed by atoms with E-state index in [2.05, 4.69) is 22.7 Å². The van der Waals surface area contributed by atoms with E-state index >= 15 is 0 Å². The molecule has 0 aliphatic carbocycles. The lowest BCUT2D eigenvalue weighted by atomic mass is 10.1. The van der Waals surface area contributed by atoms with Crippen molar-refractivity contribution < 1.29 is 38.3 Å². The number of benzene rings is 1. The van der Waals surface area contributed by atoms with Crippen LogP contribution in [0, 0.1) is 0 Å². The van der Waals surface area contributed by atoms with Crippen molar-refractivity contribution in [3.05, 3.63) is 42.0 Å². The first kappa shape index (κ1) is 21.9. The van der Waals surface area contributed by atoms with Crippen molar-refractivity contribution in [3.63, 3.8) is 0 Å². The Morgan fingerprint density at radius 1 is 1.28 bits per heavy atom. The van der Waals surface area contributed by atoms with Crippen LogP contribution in [0.15, 0.2) is 35.5 Å². The highest BCUT2D eigenvalue weighted by Gasteiger charge is 2.45. The van der Waals surface area contributed by atoms with E-state index < -0.39 is 44.9 Å². The van der Waals surface area contributed by atoms with Gasteiger partial charge >= 0.3 is 7.82 Å². The van der Waals surface area contributed by atoms with Crippen LogP contribution in [-0.2, 0) is 25.0 Å². The number of phosphoric ester groups is 1. The second kappa shape index (κ2) is 8.90. The van der Waals surface area contributed by atoms with Crippen LogP contribution in [0.4, 0.5) is 0 Å². The molecule has 5 atom stereocenters. The van der Waals surface area contributed by atoms with Crippen LogP contribution in [0.5, 0.6) is 0 Å². The van der Waals surface area contributed by atoms with Gasteiger partial charge < -0.3 is 25.6 Å². The van der Waals surface area contributed by atoms with Gasteiger partial charge in [0, 0.05) is 4.90 Å². The van der Waals surface area contributed by atoms with Crippen molar-refractivity contribution in [1.82, 2.24) is 14.8 Å². The summed E-state index contributed by atoms with van der Waals surface area (Å²) in [6.45, 7) is -0.731. The number of aliphatic hydroxyl groups is 2. The molecule has 2 aromatic rings. The van der Waals surface area contributed by atoms with E-state index in [0.717, 1.165) is 15.9 Å². The third kappa shape index (κ3) is 5.41. The molecule has 1 aliphatic rings. The van der Waals surface area contributed by atoms with Crippen LogP contribution >= 0.6 is 20.5 Å². The molecule has 1 aliphatic heterocycles. The molecule has 1 aromatic heterocycles. The van der Waals surface area contributed by atoms with E-state index in [1.54, 1.807) is 24.3 Å². The highest BCUT2D eigenvalue weighted by molar-refractivity contribution is 7.80. The molecule has 14 heteroatoms. The first-order valence-corrected chi connectivity index (χ1v) is 10.2. The number of aromatic nitrogens is 3. The predicted molar refractivity (Wildman–Crippen MR) is 98.7 cm³/mol. The van der Waals surface area contributed by atoms with Crippen molar-refractivity contribution >= 4 is 26.4 Å². The number of primary amides is 1. The molecule has 1 fully saturated rings. The highest BCUT2D eigenvalue weighted by Crippen LogP contribution is 2.45. The number of carbonyl (C=O) groups excluding carboxylic acids is 1. The largest absolute Gasteiger partial charge is 0.472 e. The molecule has 158 valence electrons. The minimum Gasteiger partial charge on any atom is -0.387 e. The van der Waals surface area contributed by atoms with Crippen LogP contribution in [0.2, 0.25) is 0 Å². The standard InChI is InChI=1S/C15H19N4O8PS/c16-13(22)14-17-7-19(18-14)15-12(21)11(20)10(27-15)6-26-28(23,24)25-5-8-1-3-9(29)4-2-8/h1-4,7,10-12,15,20-21,29H,5-6H2,(H2,16,22)(H,23,24). The van der Waals surface area contributed by atoms with Crippen molar-refractivity contribution in [3.8, 4) is 0 Å². The number of hydrogen-bond donors (Lipinski definition) is 5. The number of nitrogens with zero attached hydrogens (tertiary/aromatic N) is 3. The Bertz CT molecular complexity index is 910. The Morgan fingerprint density at radius 2 is 1.97 bits per heavy atom. The third-order valence-electron chi connectivity index (χ3n) is 4.06. The number of carbonyl (C=O) groups is 1. The molecule has 0 radical (unpaired) electrons. The van der Waals surface area contributed by atoms with Crippen LogP contribution in [-0.4, -0.2) is 60.7 Å². The number of phosphoric acid groups is 1. The van der Waals surface area contributed by atoms with Crippen molar-refractivity contribution in [2.75, 3.05) is 6.61 Å². The zero-order chi connectivity index (χ0) is 21.2. The van der Waals surface area contributed by atoms with Gasteiger partial charge in [0.15, 0.2) is 6.23 Å². The van der Waals surface area contributed by atoms with Crippen LogP contribution in [0.1, 0.15) is 22.4 Å². The van der Waals surface area contributed by atoms with Crippen molar-refractivity contribution in [2.24, 2.45) is 5.73 Å². The van der Waals surface area contributed by atoms with Crippen LogP contribution in [0.25, 0.3) is 0 Å². The average molecular weight is 446 g/mol. The summed E-state index contributed by atoms with van der Waals surface area (Å²) in [6, 6.07) is 6.74. The van der Waals surface area contributed by atoms with Gasteiger partial charge in [-0.15, -0.1) is 17.7 Å². The molecule has 5 N–H and O–H groups in total. The van der Waals surface area contributed by atoms with Gasteiger partial charge in [0.05, 0.1) is 13.2 Å². The van der Waals surface area contributed by atoms with Gasteiger partial charge in [0.1, 0.15) is 24.6 Å². The Hall–Kier alpha value is -1.83. The van der Waals surface area contributed by atoms with E-state index in [1.807, 2.05) is 0 Å². The number of aliphatic hydroxyl groups excluding tert-OH is 2. The fourth-order valence-corrected chi connectivity index (χ4v) is 3.42. The molecule has 1 amide bonds. The first-order chi connectivity index (χ1) is 13.7. The summed E-state index contributed by atoms with van der Waals surface area (Å²) >= 11 is 4.14. The molecule has 0 spiro atoms. The molecule has 3 rings (SSSR count). The summed E-state index contributed by atoms with van der Waals surface area (Å²) in [5.74, 6) is -1.17. The van der Waals surface area contributed by atoms with Gasteiger partial charge in [-0.2, -0.15) is 0 Å². The smallest absolute Gasteiger partial charge is 0.387 e. The van der Waals surface area contributed by atoms with Gasteiger partial charge in [-0.25, -0.2) is 14.2 Å². The van der Waals surface area contributed by atoms with E-state index in [4.69, 9.17) is 19.5 Å². The fourth-order valence-electron chi connectivity index (χ4n) is 2.55. The predicted octanol–water partition coefficient (Wildman–Crippen LogP) is -0.381. The maximum absolute atomic E-state index is 12.0. The zero-order valence-electron chi connectivity index (χ0n) is 14.8. The topological polar surface area (TPSA) is 179 Å². The minimum atomic E-state index is -4.46. The summed E-state index contributed by atoms with van der Waals surface area (Å²) < 4.78 is 28.2. The Balaban J connectivity index is 1.55. The Kier molecular flexibility index (Phi) is 6.71. The van der Waals surface area contributed by atoms with Gasteiger partial charge in [0.25, 0.3) is 5.91 Å². The second-order valence-corrected chi connectivity index (χ2v) is 8.13.